The maximum absolute atomic E-state index is 11.5. The minimum absolute atomic E-state index is 0.0658. The molecule has 106 valence electrons. The SMILES string of the molecule is CC(C)NCC(=O)NCCCN(C)c1ccccc1. The van der Waals surface area contributed by atoms with Crippen LogP contribution in [0.4, 0.5) is 5.69 Å². The zero-order valence-corrected chi connectivity index (χ0v) is 12.1. The van der Waals surface area contributed by atoms with Crippen LogP contribution in [-0.2, 0) is 4.79 Å². The molecule has 19 heavy (non-hydrogen) atoms. The number of nitrogens with zero attached hydrogens (tertiary/aromatic N) is 1. The maximum Gasteiger partial charge on any atom is 0.233 e. The van der Waals surface area contributed by atoms with Gasteiger partial charge in [-0.2, -0.15) is 0 Å². The van der Waals surface area contributed by atoms with Crippen molar-refractivity contribution in [2.24, 2.45) is 0 Å². The molecule has 4 heteroatoms. The number of hydrogen-bond donors (Lipinski definition) is 2. The highest BCUT2D eigenvalue weighted by Crippen LogP contribution is 2.10. The highest BCUT2D eigenvalue weighted by Gasteiger charge is 2.02. The summed E-state index contributed by atoms with van der Waals surface area (Å²) in [6.07, 6.45) is 0.943. The van der Waals surface area contributed by atoms with Crippen molar-refractivity contribution in [2.75, 3.05) is 31.6 Å². The molecule has 0 unspecified atom stereocenters. The molecular weight excluding hydrogens is 238 g/mol. The van der Waals surface area contributed by atoms with Gasteiger partial charge in [0.15, 0.2) is 0 Å². The normalized spacial score (nSPS) is 10.5. The van der Waals surface area contributed by atoms with Gasteiger partial charge < -0.3 is 15.5 Å². The van der Waals surface area contributed by atoms with Crippen LogP contribution in [-0.4, -0.2) is 38.6 Å². The van der Waals surface area contributed by atoms with Crippen molar-refractivity contribution in [3.8, 4) is 0 Å². The summed E-state index contributed by atoms with van der Waals surface area (Å²) < 4.78 is 0. The topological polar surface area (TPSA) is 44.4 Å². The van der Waals surface area contributed by atoms with E-state index in [0.29, 0.717) is 12.6 Å². The van der Waals surface area contributed by atoms with Crippen LogP contribution >= 0.6 is 0 Å². The van der Waals surface area contributed by atoms with Crippen molar-refractivity contribution in [2.45, 2.75) is 26.3 Å². The summed E-state index contributed by atoms with van der Waals surface area (Å²) in [4.78, 5) is 13.7. The second kappa shape index (κ2) is 8.53. The van der Waals surface area contributed by atoms with Gasteiger partial charge in [-0.05, 0) is 18.6 Å². The van der Waals surface area contributed by atoms with Gasteiger partial charge in [0.25, 0.3) is 0 Å². The number of rotatable bonds is 8. The summed E-state index contributed by atoms with van der Waals surface area (Å²) in [5, 5.41) is 6.02. The molecular formula is C15H25N3O. The lowest BCUT2D eigenvalue weighted by Crippen LogP contribution is -2.37. The van der Waals surface area contributed by atoms with Gasteiger partial charge in [-0.25, -0.2) is 0 Å². The number of amides is 1. The van der Waals surface area contributed by atoms with Gasteiger partial charge in [-0.3, -0.25) is 4.79 Å². The second-order valence-corrected chi connectivity index (χ2v) is 5.00. The fourth-order valence-electron chi connectivity index (χ4n) is 1.71. The first kappa shape index (κ1) is 15.5. The Hall–Kier alpha value is -1.55. The fourth-order valence-corrected chi connectivity index (χ4v) is 1.71. The van der Waals surface area contributed by atoms with Gasteiger partial charge in [0.2, 0.25) is 5.91 Å². The molecule has 0 spiro atoms. The predicted molar refractivity (Wildman–Crippen MR) is 80.5 cm³/mol. The lowest BCUT2D eigenvalue weighted by Gasteiger charge is -2.19. The van der Waals surface area contributed by atoms with Crippen molar-refractivity contribution in [1.29, 1.82) is 0 Å². The number of hydrogen-bond acceptors (Lipinski definition) is 3. The summed E-state index contributed by atoms with van der Waals surface area (Å²) in [6, 6.07) is 10.6. The van der Waals surface area contributed by atoms with Crippen molar-refractivity contribution in [3.05, 3.63) is 30.3 Å². The molecule has 4 nitrogen and oxygen atoms in total. The van der Waals surface area contributed by atoms with E-state index in [2.05, 4.69) is 34.7 Å². The summed E-state index contributed by atoms with van der Waals surface area (Å²) in [5.41, 5.74) is 1.20. The summed E-state index contributed by atoms with van der Waals surface area (Å²) in [7, 11) is 2.07. The second-order valence-electron chi connectivity index (χ2n) is 5.00. The van der Waals surface area contributed by atoms with E-state index < -0.39 is 0 Å². The van der Waals surface area contributed by atoms with Crippen molar-refractivity contribution < 1.29 is 4.79 Å². The molecule has 0 aromatic heterocycles. The van der Waals surface area contributed by atoms with E-state index >= 15 is 0 Å². The van der Waals surface area contributed by atoms with Crippen molar-refractivity contribution in [1.82, 2.24) is 10.6 Å². The van der Waals surface area contributed by atoms with Crippen LogP contribution in [0.5, 0.6) is 0 Å². The largest absolute Gasteiger partial charge is 0.375 e. The highest BCUT2D eigenvalue weighted by atomic mass is 16.1. The third-order valence-electron chi connectivity index (χ3n) is 2.86. The Morgan fingerprint density at radius 2 is 1.95 bits per heavy atom. The average molecular weight is 263 g/mol. The quantitative estimate of drug-likeness (QED) is 0.701. The zero-order chi connectivity index (χ0) is 14.1. The van der Waals surface area contributed by atoms with Gasteiger partial charge in [0, 0.05) is 31.9 Å². The minimum atomic E-state index is 0.0658. The van der Waals surface area contributed by atoms with Crippen LogP contribution in [0.25, 0.3) is 0 Å². The lowest BCUT2D eigenvalue weighted by atomic mass is 10.3. The molecule has 1 amide bonds. The van der Waals surface area contributed by atoms with E-state index in [0.717, 1.165) is 19.5 Å². The number of benzene rings is 1. The highest BCUT2D eigenvalue weighted by molar-refractivity contribution is 5.77. The molecule has 1 rings (SSSR count). The first-order valence-electron chi connectivity index (χ1n) is 6.86. The van der Waals surface area contributed by atoms with E-state index in [1.807, 2.05) is 32.0 Å². The Labute approximate surface area is 116 Å². The minimum Gasteiger partial charge on any atom is -0.375 e. The Morgan fingerprint density at radius 3 is 2.58 bits per heavy atom. The first-order chi connectivity index (χ1) is 9.09. The number of anilines is 1. The third-order valence-corrected chi connectivity index (χ3v) is 2.86. The molecule has 1 aromatic rings. The third kappa shape index (κ3) is 6.82. The van der Waals surface area contributed by atoms with Gasteiger partial charge in [-0.1, -0.05) is 32.0 Å². The van der Waals surface area contributed by atoms with E-state index in [9.17, 15) is 4.79 Å². The molecule has 0 radical (unpaired) electrons. The fraction of sp³-hybridized carbons (Fsp3) is 0.533. The Morgan fingerprint density at radius 1 is 1.26 bits per heavy atom. The van der Waals surface area contributed by atoms with Gasteiger partial charge >= 0.3 is 0 Å². The van der Waals surface area contributed by atoms with Crippen LogP contribution in [0, 0.1) is 0 Å². The summed E-state index contributed by atoms with van der Waals surface area (Å²) in [5.74, 6) is 0.0658. The Balaban J connectivity index is 2.12. The van der Waals surface area contributed by atoms with Crippen LogP contribution < -0.4 is 15.5 Å². The molecule has 0 bridgehead atoms. The van der Waals surface area contributed by atoms with Gasteiger partial charge in [0.05, 0.1) is 6.54 Å². The number of carbonyl (C=O) groups is 1. The van der Waals surface area contributed by atoms with Crippen molar-refractivity contribution >= 4 is 11.6 Å². The predicted octanol–water partition coefficient (Wildman–Crippen LogP) is 1.63. The molecule has 0 heterocycles. The summed E-state index contributed by atoms with van der Waals surface area (Å²) in [6.45, 7) is 6.11. The molecule has 0 atom stereocenters. The van der Waals surface area contributed by atoms with Gasteiger partial charge in [0.1, 0.15) is 0 Å². The molecule has 0 aliphatic rings. The average Bonchev–Trinajstić information content (AvgIpc) is 2.42. The number of para-hydroxylation sites is 1. The molecule has 0 aliphatic carbocycles. The smallest absolute Gasteiger partial charge is 0.233 e. The molecule has 0 saturated carbocycles. The monoisotopic (exact) mass is 263 g/mol. The molecule has 0 aliphatic heterocycles. The Bertz CT molecular complexity index is 365. The van der Waals surface area contributed by atoms with E-state index in [1.54, 1.807) is 0 Å². The van der Waals surface area contributed by atoms with Crippen molar-refractivity contribution in [3.63, 3.8) is 0 Å². The van der Waals surface area contributed by atoms with Crippen LogP contribution in [0.1, 0.15) is 20.3 Å². The maximum atomic E-state index is 11.5. The number of carbonyl (C=O) groups excluding carboxylic acids is 1. The van der Waals surface area contributed by atoms with E-state index in [1.165, 1.54) is 5.69 Å². The standard InChI is InChI=1S/C15H25N3O/c1-13(2)17-12-15(19)16-10-7-11-18(3)14-8-5-4-6-9-14/h4-6,8-9,13,17H,7,10-12H2,1-3H3,(H,16,19). The Kier molecular flexibility index (Phi) is 6.97. The van der Waals surface area contributed by atoms with Crippen LogP contribution in [0.15, 0.2) is 30.3 Å². The van der Waals surface area contributed by atoms with E-state index in [-0.39, 0.29) is 5.91 Å². The molecule has 2 N–H and O–H groups in total. The number of nitrogens with one attached hydrogen (secondary N) is 2. The molecule has 0 fully saturated rings. The lowest BCUT2D eigenvalue weighted by molar-refractivity contribution is -0.120. The summed E-state index contributed by atoms with van der Waals surface area (Å²) >= 11 is 0. The van der Waals surface area contributed by atoms with Crippen LogP contribution in [0.2, 0.25) is 0 Å². The van der Waals surface area contributed by atoms with Gasteiger partial charge in [-0.15, -0.1) is 0 Å². The first-order valence-corrected chi connectivity index (χ1v) is 6.86. The molecule has 1 aromatic carbocycles. The van der Waals surface area contributed by atoms with E-state index in [4.69, 9.17) is 0 Å². The molecule has 0 saturated heterocycles. The van der Waals surface area contributed by atoms with Crippen LogP contribution in [0.3, 0.4) is 0 Å². The zero-order valence-electron chi connectivity index (χ0n) is 12.1.